The first kappa shape index (κ1) is 17.2. The molecular weight excluding hydrogens is 314 g/mol. The Balaban J connectivity index is 1.58. The van der Waals surface area contributed by atoms with Gasteiger partial charge in [0, 0.05) is 19.2 Å². The van der Waals surface area contributed by atoms with Crippen molar-refractivity contribution in [2.24, 2.45) is 0 Å². The number of rotatable bonds is 5. The van der Waals surface area contributed by atoms with Crippen LogP contribution in [0.3, 0.4) is 0 Å². The molecule has 4 heteroatoms. The molecule has 1 amide bonds. The van der Waals surface area contributed by atoms with E-state index in [1.165, 1.54) is 0 Å². The van der Waals surface area contributed by atoms with Gasteiger partial charge < -0.3 is 14.4 Å². The molecule has 4 nitrogen and oxygen atoms in total. The fourth-order valence-corrected chi connectivity index (χ4v) is 2.74. The molecule has 130 valence electrons. The average molecular weight is 337 g/mol. The first-order valence-electron chi connectivity index (χ1n) is 8.56. The lowest BCUT2D eigenvalue weighted by Crippen LogP contribution is -2.43. The highest BCUT2D eigenvalue weighted by Gasteiger charge is 2.19. The van der Waals surface area contributed by atoms with Crippen LogP contribution in [0.15, 0.2) is 60.7 Å². The van der Waals surface area contributed by atoms with Gasteiger partial charge >= 0.3 is 0 Å². The van der Waals surface area contributed by atoms with Crippen LogP contribution in [0.4, 0.5) is 0 Å². The van der Waals surface area contributed by atoms with Crippen LogP contribution in [0.5, 0.6) is 5.75 Å². The van der Waals surface area contributed by atoms with Crippen LogP contribution in [-0.4, -0.2) is 36.6 Å². The predicted molar refractivity (Wildman–Crippen MR) is 98.2 cm³/mol. The quantitative estimate of drug-likeness (QED) is 0.784. The van der Waals surface area contributed by atoms with E-state index in [1.807, 2.05) is 72.5 Å². The van der Waals surface area contributed by atoms with E-state index in [4.69, 9.17) is 9.47 Å². The third-order valence-electron chi connectivity index (χ3n) is 4.08. The van der Waals surface area contributed by atoms with Crippen molar-refractivity contribution in [3.63, 3.8) is 0 Å². The summed E-state index contributed by atoms with van der Waals surface area (Å²) in [7, 11) is 0. The van der Waals surface area contributed by atoms with E-state index < -0.39 is 0 Å². The second-order valence-corrected chi connectivity index (χ2v) is 6.15. The number of hydrogen-bond acceptors (Lipinski definition) is 3. The summed E-state index contributed by atoms with van der Waals surface area (Å²) >= 11 is 0. The van der Waals surface area contributed by atoms with Crippen LogP contribution in [0.25, 0.3) is 6.08 Å². The van der Waals surface area contributed by atoms with Crippen molar-refractivity contribution in [1.29, 1.82) is 0 Å². The number of carbonyl (C=O) groups excluding carboxylic acids is 1. The average Bonchev–Trinajstić information content (AvgIpc) is 2.66. The molecule has 0 unspecified atom stereocenters. The van der Waals surface area contributed by atoms with Crippen molar-refractivity contribution in [3.8, 4) is 5.75 Å². The number of ether oxygens (including phenoxy) is 2. The van der Waals surface area contributed by atoms with Gasteiger partial charge in [-0.3, -0.25) is 4.79 Å². The molecule has 1 saturated heterocycles. The van der Waals surface area contributed by atoms with Crippen LogP contribution in [-0.2, 0) is 16.1 Å². The number of morpholine rings is 1. The van der Waals surface area contributed by atoms with Crippen LogP contribution in [0.2, 0.25) is 0 Å². The molecule has 25 heavy (non-hydrogen) atoms. The van der Waals surface area contributed by atoms with Crippen molar-refractivity contribution in [1.82, 2.24) is 4.90 Å². The van der Waals surface area contributed by atoms with E-state index >= 15 is 0 Å². The standard InChI is InChI=1S/C21H23NO3/c1-17-15-22(12-13-24-17)21(23)11-10-18-8-5-9-20(14-18)25-16-19-6-3-2-4-7-19/h2-11,14,17H,12-13,15-16H2,1H3/b11-10+/t17-/m0/s1. The zero-order valence-corrected chi connectivity index (χ0v) is 14.4. The van der Waals surface area contributed by atoms with Gasteiger partial charge in [0.2, 0.25) is 5.91 Å². The Morgan fingerprint density at radius 2 is 2.08 bits per heavy atom. The zero-order valence-electron chi connectivity index (χ0n) is 14.4. The summed E-state index contributed by atoms with van der Waals surface area (Å²) < 4.78 is 11.3. The number of amides is 1. The lowest BCUT2D eigenvalue weighted by molar-refractivity contribution is -0.132. The smallest absolute Gasteiger partial charge is 0.246 e. The van der Waals surface area contributed by atoms with Crippen molar-refractivity contribution in [2.75, 3.05) is 19.7 Å². The Morgan fingerprint density at radius 1 is 1.24 bits per heavy atom. The molecular formula is C21H23NO3. The van der Waals surface area contributed by atoms with E-state index in [1.54, 1.807) is 6.08 Å². The van der Waals surface area contributed by atoms with Gasteiger partial charge in [0.15, 0.2) is 0 Å². The third-order valence-corrected chi connectivity index (χ3v) is 4.08. The molecule has 1 aliphatic rings. The van der Waals surface area contributed by atoms with E-state index in [-0.39, 0.29) is 12.0 Å². The molecule has 2 aromatic carbocycles. The van der Waals surface area contributed by atoms with Crippen molar-refractivity contribution in [3.05, 3.63) is 71.8 Å². The molecule has 0 aliphatic carbocycles. The van der Waals surface area contributed by atoms with Crippen molar-refractivity contribution < 1.29 is 14.3 Å². The monoisotopic (exact) mass is 337 g/mol. The summed E-state index contributed by atoms with van der Waals surface area (Å²) in [6, 6.07) is 17.8. The summed E-state index contributed by atoms with van der Waals surface area (Å²) in [4.78, 5) is 14.1. The van der Waals surface area contributed by atoms with Gasteiger partial charge in [0.05, 0.1) is 12.7 Å². The van der Waals surface area contributed by atoms with Gasteiger partial charge in [-0.15, -0.1) is 0 Å². The Morgan fingerprint density at radius 3 is 2.88 bits per heavy atom. The Hall–Kier alpha value is -2.59. The molecule has 0 saturated carbocycles. The van der Waals surface area contributed by atoms with Crippen LogP contribution in [0, 0.1) is 0 Å². The van der Waals surface area contributed by atoms with Gasteiger partial charge in [-0.2, -0.15) is 0 Å². The molecule has 0 bridgehead atoms. The fourth-order valence-electron chi connectivity index (χ4n) is 2.74. The first-order chi connectivity index (χ1) is 12.2. The van der Waals surface area contributed by atoms with Crippen molar-refractivity contribution >= 4 is 12.0 Å². The highest BCUT2D eigenvalue weighted by molar-refractivity contribution is 5.91. The van der Waals surface area contributed by atoms with Crippen LogP contribution >= 0.6 is 0 Å². The van der Waals surface area contributed by atoms with E-state index in [2.05, 4.69) is 0 Å². The van der Waals surface area contributed by atoms with Gasteiger partial charge in [-0.1, -0.05) is 42.5 Å². The van der Waals surface area contributed by atoms with Gasteiger partial charge in [-0.25, -0.2) is 0 Å². The van der Waals surface area contributed by atoms with Crippen molar-refractivity contribution in [2.45, 2.75) is 19.6 Å². The number of hydrogen-bond donors (Lipinski definition) is 0. The third kappa shape index (κ3) is 5.19. The minimum absolute atomic E-state index is 0.0192. The minimum Gasteiger partial charge on any atom is -0.489 e. The highest BCUT2D eigenvalue weighted by Crippen LogP contribution is 2.16. The fraction of sp³-hybridized carbons (Fsp3) is 0.286. The normalized spacial score (nSPS) is 17.6. The van der Waals surface area contributed by atoms with E-state index in [0.717, 1.165) is 16.9 Å². The summed E-state index contributed by atoms with van der Waals surface area (Å²) in [6.07, 6.45) is 3.55. The Bertz CT molecular complexity index is 727. The maximum absolute atomic E-state index is 12.3. The molecule has 3 rings (SSSR count). The van der Waals surface area contributed by atoms with Gasteiger partial charge in [0.25, 0.3) is 0 Å². The number of nitrogens with zero attached hydrogens (tertiary/aromatic N) is 1. The molecule has 1 fully saturated rings. The van der Waals surface area contributed by atoms with Gasteiger partial charge in [0.1, 0.15) is 12.4 Å². The first-order valence-corrected chi connectivity index (χ1v) is 8.56. The van der Waals surface area contributed by atoms with Gasteiger partial charge in [-0.05, 0) is 36.3 Å². The molecule has 1 atom stereocenters. The largest absolute Gasteiger partial charge is 0.489 e. The molecule has 0 aromatic heterocycles. The molecule has 0 N–H and O–H groups in total. The summed E-state index contributed by atoms with van der Waals surface area (Å²) in [5.41, 5.74) is 2.07. The maximum Gasteiger partial charge on any atom is 0.246 e. The minimum atomic E-state index is 0.0192. The molecule has 2 aromatic rings. The van der Waals surface area contributed by atoms with E-state index in [0.29, 0.717) is 26.3 Å². The molecule has 1 aliphatic heterocycles. The van der Waals surface area contributed by atoms with E-state index in [9.17, 15) is 4.79 Å². The molecule has 0 spiro atoms. The number of carbonyl (C=O) groups is 1. The highest BCUT2D eigenvalue weighted by atomic mass is 16.5. The maximum atomic E-state index is 12.3. The van der Waals surface area contributed by atoms with Crippen LogP contribution < -0.4 is 4.74 Å². The Kier molecular flexibility index (Phi) is 5.86. The Labute approximate surface area is 148 Å². The van der Waals surface area contributed by atoms with Crippen LogP contribution in [0.1, 0.15) is 18.1 Å². The summed E-state index contributed by atoms with van der Waals surface area (Å²) in [6.45, 7) is 4.40. The summed E-state index contributed by atoms with van der Waals surface area (Å²) in [5.74, 6) is 0.809. The zero-order chi connectivity index (χ0) is 17.5. The lowest BCUT2D eigenvalue weighted by atomic mass is 10.2. The second-order valence-electron chi connectivity index (χ2n) is 6.15. The lowest BCUT2D eigenvalue weighted by Gasteiger charge is -2.30. The summed E-state index contributed by atoms with van der Waals surface area (Å²) in [5, 5.41) is 0. The SMILES string of the molecule is C[C@H]1CN(C(=O)/C=C/c2cccc(OCc3ccccc3)c2)CCO1. The molecule has 0 radical (unpaired) electrons. The molecule has 1 heterocycles. The predicted octanol–water partition coefficient (Wildman–Crippen LogP) is 3.53. The number of benzene rings is 2. The second kappa shape index (κ2) is 8.49. The topological polar surface area (TPSA) is 38.8 Å².